The monoisotopic (exact) mass is 443 g/mol. The Kier molecular flexibility index (Phi) is 4.62. The van der Waals surface area contributed by atoms with Crippen molar-refractivity contribution in [2.45, 2.75) is 25.2 Å². The van der Waals surface area contributed by atoms with Crippen LogP contribution in [0.1, 0.15) is 30.1 Å². The molecule has 2 aromatic rings. The molecule has 4 rings (SSSR count). The lowest BCUT2D eigenvalue weighted by atomic mass is 9.78. The lowest BCUT2D eigenvalue weighted by Crippen LogP contribution is -2.39. The Labute approximate surface area is 168 Å². The summed E-state index contributed by atoms with van der Waals surface area (Å²) in [6, 6.07) is 10.4. The van der Waals surface area contributed by atoms with Gasteiger partial charge in [-0.3, -0.25) is 9.69 Å². The van der Waals surface area contributed by atoms with E-state index in [1.54, 1.807) is 23.1 Å². The molecular formula is C20H15BrFN3OS. The summed E-state index contributed by atoms with van der Waals surface area (Å²) in [5, 5.41) is 11.8. The molecule has 1 unspecified atom stereocenters. The molecule has 4 nitrogen and oxygen atoms in total. The first kappa shape index (κ1) is 18.0. The SMILES string of the molecule is N#CC1=C(N)N(c2ccccc2F)C2=C(C(=O)CCC2)C1c1cc(Br)cs1. The number of allylic oxidation sites excluding steroid dienone is 3. The van der Waals surface area contributed by atoms with Crippen molar-refractivity contribution in [1.29, 1.82) is 5.26 Å². The first-order chi connectivity index (χ1) is 13.0. The summed E-state index contributed by atoms with van der Waals surface area (Å²) in [4.78, 5) is 15.3. The summed E-state index contributed by atoms with van der Waals surface area (Å²) >= 11 is 4.90. The highest BCUT2D eigenvalue weighted by Crippen LogP contribution is 2.48. The molecule has 1 aliphatic carbocycles. The number of carbonyl (C=O) groups is 1. The summed E-state index contributed by atoms with van der Waals surface area (Å²) in [6.07, 6.45) is 1.71. The van der Waals surface area contributed by atoms with E-state index in [4.69, 9.17) is 5.73 Å². The molecule has 0 amide bonds. The predicted octanol–water partition coefficient (Wildman–Crippen LogP) is 4.95. The van der Waals surface area contributed by atoms with E-state index in [1.807, 2.05) is 11.4 Å². The molecule has 1 aromatic heterocycles. The summed E-state index contributed by atoms with van der Waals surface area (Å²) in [6.45, 7) is 0. The van der Waals surface area contributed by atoms with Gasteiger partial charge in [-0.2, -0.15) is 5.26 Å². The van der Waals surface area contributed by atoms with Gasteiger partial charge in [-0.05, 0) is 47.0 Å². The smallest absolute Gasteiger partial charge is 0.161 e. The molecule has 1 atom stereocenters. The number of halogens is 2. The normalized spacial score (nSPS) is 20.0. The Bertz CT molecular complexity index is 1050. The molecule has 0 saturated heterocycles. The van der Waals surface area contributed by atoms with E-state index >= 15 is 0 Å². The lowest BCUT2D eigenvalue weighted by molar-refractivity contribution is -0.116. The molecule has 1 aromatic carbocycles. The number of anilines is 1. The first-order valence-electron chi connectivity index (χ1n) is 8.47. The van der Waals surface area contributed by atoms with Gasteiger partial charge in [0.15, 0.2) is 5.78 Å². The number of rotatable bonds is 2. The zero-order valence-electron chi connectivity index (χ0n) is 14.2. The maximum absolute atomic E-state index is 14.5. The molecule has 136 valence electrons. The average molecular weight is 444 g/mol. The van der Waals surface area contributed by atoms with E-state index < -0.39 is 11.7 Å². The summed E-state index contributed by atoms with van der Waals surface area (Å²) in [5.41, 5.74) is 8.18. The van der Waals surface area contributed by atoms with Gasteiger partial charge in [-0.15, -0.1) is 11.3 Å². The molecule has 27 heavy (non-hydrogen) atoms. The van der Waals surface area contributed by atoms with E-state index in [0.29, 0.717) is 30.5 Å². The van der Waals surface area contributed by atoms with Gasteiger partial charge in [0.2, 0.25) is 0 Å². The zero-order chi connectivity index (χ0) is 19.1. The highest BCUT2D eigenvalue weighted by molar-refractivity contribution is 9.10. The van der Waals surface area contributed by atoms with E-state index in [2.05, 4.69) is 22.0 Å². The highest BCUT2D eigenvalue weighted by Gasteiger charge is 2.41. The third-order valence-corrected chi connectivity index (χ3v) is 6.64. The molecule has 0 saturated carbocycles. The third-order valence-electron chi connectivity index (χ3n) is 4.88. The van der Waals surface area contributed by atoms with Crippen LogP contribution in [0.4, 0.5) is 10.1 Å². The molecule has 2 N–H and O–H groups in total. The largest absolute Gasteiger partial charge is 0.384 e. The van der Waals surface area contributed by atoms with Gasteiger partial charge in [0.1, 0.15) is 11.6 Å². The Hall–Kier alpha value is -2.43. The lowest BCUT2D eigenvalue weighted by Gasteiger charge is -2.39. The fourth-order valence-corrected chi connectivity index (χ4v) is 5.32. The van der Waals surface area contributed by atoms with Crippen LogP contribution >= 0.6 is 27.3 Å². The molecule has 0 spiro atoms. The number of benzene rings is 1. The van der Waals surface area contributed by atoms with Crippen LogP contribution < -0.4 is 10.6 Å². The minimum absolute atomic E-state index is 0.00707. The van der Waals surface area contributed by atoms with Crippen molar-refractivity contribution in [2.24, 2.45) is 5.73 Å². The van der Waals surface area contributed by atoms with Crippen LogP contribution in [-0.2, 0) is 4.79 Å². The van der Waals surface area contributed by atoms with Gasteiger partial charge >= 0.3 is 0 Å². The molecular weight excluding hydrogens is 429 g/mol. The predicted molar refractivity (Wildman–Crippen MR) is 106 cm³/mol. The molecule has 2 aliphatic rings. The van der Waals surface area contributed by atoms with Crippen LogP contribution in [0.25, 0.3) is 0 Å². The number of para-hydroxylation sites is 1. The number of hydrogen-bond acceptors (Lipinski definition) is 5. The van der Waals surface area contributed by atoms with Crippen molar-refractivity contribution >= 4 is 38.7 Å². The van der Waals surface area contributed by atoms with Gasteiger partial charge in [-0.25, -0.2) is 4.39 Å². The molecule has 0 fully saturated rings. The van der Waals surface area contributed by atoms with Crippen LogP contribution in [0.3, 0.4) is 0 Å². The fourth-order valence-electron chi connectivity index (χ4n) is 3.76. The van der Waals surface area contributed by atoms with Gasteiger partial charge in [0.05, 0.1) is 23.2 Å². The molecule has 0 radical (unpaired) electrons. The van der Waals surface area contributed by atoms with Crippen molar-refractivity contribution in [3.8, 4) is 6.07 Å². The van der Waals surface area contributed by atoms with E-state index in [0.717, 1.165) is 9.35 Å². The zero-order valence-corrected chi connectivity index (χ0v) is 16.6. The van der Waals surface area contributed by atoms with Crippen molar-refractivity contribution in [1.82, 2.24) is 0 Å². The number of hydrogen-bond donors (Lipinski definition) is 1. The van der Waals surface area contributed by atoms with E-state index in [9.17, 15) is 14.4 Å². The van der Waals surface area contributed by atoms with Crippen molar-refractivity contribution < 1.29 is 9.18 Å². The number of nitriles is 1. The molecule has 0 bridgehead atoms. The summed E-state index contributed by atoms with van der Waals surface area (Å²) in [5.74, 6) is -0.769. The molecule has 2 heterocycles. The summed E-state index contributed by atoms with van der Waals surface area (Å²) in [7, 11) is 0. The number of thiophene rings is 1. The molecule has 1 aliphatic heterocycles. The minimum atomic E-state index is -0.503. The van der Waals surface area contributed by atoms with Crippen molar-refractivity contribution in [3.05, 3.63) is 73.5 Å². The maximum atomic E-state index is 14.5. The van der Waals surface area contributed by atoms with Gasteiger partial charge in [-0.1, -0.05) is 12.1 Å². The number of ketones is 1. The second-order valence-electron chi connectivity index (χ2n) is 6.43. The van der Waals surface area contributed by atoms with Gasteiger partial charge in [0.25, 0.3) is 0 Å². The third kappa shape index (κ3) is 2.89. The summed E-state index contributed by atoms with van der Waals surface area (Å²) < 4.78 is 15.4. The number of Topliss-reactive ketones (excluding diaryl/α,β-unsaturated/α-hetero) is 1. The second kappa shape index (κ2) is 6.95. The quantitative estimate of drug-likeness (QED) is 0.712. The Morgan fingerprint density at radius 1 is 1.33 bits per heavy atom. The van der Waals surface area contributed by atoms with Crippen molar-refractivity contribution in [3.63, 3.8) is 0 Å². The van der Waals surface area contributed by atoms with E-state index in [1.165, 1.54) is 17.4 Å². The Morgan fingerprint density at radius 3 is 2.78 bits per heavy atom. The van der Waals surface area contributed by atoms with Crippen LogP contribution in [0.15, 0.2) is 62.8 Å². The van der Waals surface area contributed by atoms with E-state index in [-0.39, 0.29) is 22.9 Å². The van der Waals surface area contributed by atoms with Crippen LogP contribution in [0.5, 0.6) is 0 Å². The highest BCUT2D eigenvalue weighted by atomic mass is 79.9. The van der Waals surface area contributed by atoms with Gasteiger partial charge < -0.3 is 5.73 Å². The number of carbonyl (C=O) groups excluding carboxylic acids is 1. The maximum Gasteiger partial charge on any atom is 0.161 e. The Balaban J connectivity index is 1.99. The fraction of sp³-hybridized carbons (Fsp3) is 0.200. The van der Waals surface area contributed by atoms with Crippen LogP contribution in [0, 0.1) is 17.1 Å². The van der Waals surface area contributed by atoms with Crippen molar-refractivity contribution in [2.75, 3.05) is 4.90 Å². The van der Waals surface area contributed by atoms with Gasteiger partial charge in [0, 0.05) is 32.4 Å². The number of nitrogens with zero attached hydrogens (tertiary/aromatic N) is 2. The van der Waals surface area contributed by atoms with Crippen LogP contribution in [-0.4, -0.2) is 5.78 Å². The Morgan fingerprint density at radius 2 is 2.11 bits per heavy atom. The topological polar surface area (TPSA) is 70.1 Å². The second-order valence-corrected chi connectivity index (χ2v) is 8.29. The average Bonchev–Trinajstić information content (AvgIpc) is 3.08. The minimum Gasteiger partial charge on any atom is -0.384 e. The first-order valence-corrected chi connectivity index (χ1v) is 10.1. The molecule has 7 heteroatoms. The number of nitrogens with two attached hydrogens (primary N) is 1. The van der Waals surface area contributed by atoms with Crippen LogP contribution in [0.2, 0.25) is 0 Å². The standard InChI is InChI=1S/C20H15BrFN3OS/c21-11-8-17(27-10-11)18-12(9-23)20(24)25(14-5-2-1-4-13(14)22)15-6-3-7-16(26)19(15)18/h1-2,4-5,8,10,18H,3,6-7,24H2.